The molecule has 0 aromatic heterocycles. The van der Waals surface area contributed by atoms with Gasteiger partial charge in [-0.15, -0.1) is 0 Å². The monoisotopic (exact) mass is 224 g/mol. The second-order valence-electron chi connectivity index (χ2n) is 5.56. The molecule has 0 aromatic rings. The molecule has 0 spiro atoms. The zero-order valence-corrected chi connectivity index (χ0v) is 10.4. The average Bonchev–Trinajstić information content (AvgIpc) is 2.86. The summed E-state index contributed by atoms with van der Waals surface area (Å²) in [6, 6.07) is 1.56. The van der Waals surface area contributed by atoms with Crippen LogP contribution in [0.4, 0.5) is 0 Å². The van der Waals surface area contributed by atoms with Gasteiger partial charge in [-0.25, -0.2) is 5.01 Å². The van der Waals surface area contributed by atoms with E-state index in [1.807, 2.05) is 0 Å². The molecule has 3 saturated heterocycles. The van der Waals surface area contributed by atoms with Crippen molar-refractivity contribution in [3.8, 4) is 0 Å². The van der Waals surface area contributed by atoms with E-state index in [2.05, 4.69) is 27.3 Å². The third-order valence-corrected chi connectivity index (χ3v) is 4.46. The minimum atomic E-state index is 0.728. The molecule has 3 fully saturated rings. The maximum absolute atomic E-state index is 3.77. The van der Waals surface area contributed by atoms with Crippen LogP contribution >= 0.6 is 0 Å². The van der Waals surface area contributed by atoms with Gasteiger partial charge in [0.1, 0.15) is 0 Å². The van der Waals surface area contributed by atoms with Crippen molar-refractivity contribution in [1.29, 1.82) is 0 Å². The van der Waals surface area contributed by atoms with Gasteiger partial charge in [-0.05, 0) is 32.9 Å². The Balaban J connectivity index is 1.51. The van der Waals surface area contributed by atoms with Crippen molar-refractivity contribution in [3.63, 3.8) is 0 Å². The number of fused-ring (bicyclic) bond motifs is 1. The lowest BCUT2D eigenvalue weighted by Crippen LogP contribution is -2.55. The lowest BCUT2D eigenvalue weighted by molar-refractivity contribution is 0.0802. The van der Waals surface area contributed by atoms with Crippen LogP contribution in [-0.4, -0.2) is 73.2 Å². The molecule has 0 bridgehead atoms. The van der Waals surface area contributed by atoms with E-state index in [4.69, 9.17) is 0 Å². The van der Waals surface area contributed by atoms with Crippen LogP contribution in [-0.2, 0) is 0 Å². The molecule has 3 aliphatic rings. The molecule has 4 nitrogen and oxygen atoms in total. The van der Waals surface area contributed by atoms with Gasteiger partial charge in [0, 0.05) is 44.8 Å². The van der Waals surface area contributed by atoms with Crippen molar-refractivity contribution < 1.29 is 0 Å². The molecule has 0 radical (unpaired) electrons. The van der Waals surface area contributed by atoms with Gasteiger partial charge in [0.2, 0.25) is 0 Å². The van der Waals surface area contributed by atoms with E-state index in [-0.39, 0.29) is 0 Å². The van der Waals surface area contributed by atoms with Crippen LogP contribution in [0.3, 0.4) is 0 Å². The van der Waals surface area contributed by atoms with E-state index in [1.165, 1.54) is 58.5 Å². The summed E-state index contributed by atoms with van der Waals surface area (Å²) < 4.78 is 0. The Kier molecular flexibility index (Phi) is 3.16. The smallest absolute Gasteiger partial charge is 0.0383 e. The summed E-state index contributed by atoms with van der Waals surface area (Å²) in [5.74, 6) is 0. The van der Waals surface area contributed by atoms with Gasteiger partial charge < -0.3 is 4.90 Å². The summed E-state index contributed by atoms with van der Waals surface area (Å²) in [7, 11) is 2.21. The van der Waals surface area contributed by atoms with Crippen LogP contribution in [0.25, 0.3) is 0 Å². The first-order chi connectivity index (χ1) is 7.83. The molecule has 3 aliphatic heterocycles. The van der Waals surface area contributed by atoms with Crippen LogP contribution in [0.2, 0.25) is 0 Å². The standard InChI is InChI=1S/C12H24N4/c1-14-7-9-16(10-8-14)13-11-4-6-15-5-2-3-12(11)15/h11-13H,2-10H2,1H3. The average molecular weight is 224 g/mol. The largest absolute Gasteiger partial charge is 0.304 e. The summed E-state index contributed by atoms with van der Waals surface area (Å²) in [6.45, 7) is 7.42. The Morgan fingerprint density at radius 1 is 0.938 bits per heavy atom. The SMILES string of the molecule is CN1CCN(NC2CCN3CCCC23)CC1. The molecule has 2 unspecified atom stereocenters. The van der Waals surface area contributed by atoms with E-state index < -0.39 is 0 Å². The minimum absolute atomic E-state index is 0.728. The van der Waals surface area contributed by atoms with Gasteiger partial charge in [-0.2, -0.15) is 0 Å². The normalized spacial score (nSPS) is 38.1. The second-order valence-corrected chi connectivity index (χ2v) is 5.56. The fourth-order valence-electron chi connectivity index (χ4n) is 3.40. The number of nitrogens with one attached hydrogen (secondary N) is 1. The van der Waals surface area contributed by atoms with Gasteiger partial charge >= 0.3 is 0 Å². The van der Waals surface area contributed by atoms with Crippen molar-refractivity contribution in [1.82, 2.24) is 20.2 Å². The number of rotatable bonds is 2. The maximum Gasteiger partial charge on any atom is 0.0383 e. The Morgan fingerprint density at radius 2 is 1.75 bits per heavy atom. The Bertz CT molecular complexity index is 237. The predicted molar refractivity (Wildman–Crippen MR) is 65.2 cm³/mol. The van der Waals surface area contributed by atoms with E-state index in [1.54, 1.807) is 0 Å². The molecule has 2 atom stereocenters. The molecule has 16 heavy (non-hydrogen) atoms. The van der Waals surface area contributed by atoms with Crippen LogP contribution in [0.5, 0.6) is 0 Å². The quantitative estimate of drug-likeness (QED) is 0.711. The zero-order valence-electron chi connectivity index (χ0n) is 10.4. The first-order valence-electron chi connectivity index (χ1n) is 6.76. The van der Waals surface area contributed by atoms with Crippen molar-refractivity contribution >= 4 is 0 Å². The fourth-order valence-corrected chi connectivity index (χ4v) is 3.40. The Hall–Kier alpha value is -0.160. The van der Waals surface area contributed by atoms with E-state index in [0.717, 1.165) is 12.1 Å². The number of likely N-dealkylation sites (N-methyl/N-ethyl adjacent to an activating group) is 1. The minimum Gasteiger partial charge on any atom is -0.304 e. The summed E-state index contributed by atoms with van der Waals surface area (Å²) in [6.07, 6.45) is 4.16. The summed E-state index contributed by atoms with van der Waals surface area (Å²) in [5, 5.41) is 2.45. The third kappa shape index (κ3) is 2.12. The van der Waals surface area contributed by atoms with Crippen LogP contribution in [0.15, 0.2) is 0 Å². The molecule has 3 rings (SSSR count). The molecule has 0 saturated carbocycles. The van der Waals surface area contributed by atoms with E-state index in [0.29, 0.717) is 0 Å². The van der Waals surface area contributed by atoms with E-state index >= 15 is 0 Å². The number of nitrogens with zero attached hydrogens (tertiary/aromatic N) is 3. The highest BCUT2D eigenvalue weighted by atomic mass is 15.5. The number of piperazine rings is 1. The van der Waals surface area contributed by atoms with Crippen LogP contribution in [0.1, 0.15) is 19.3 Å². The van der Waals surface area contributed by atoms with Gasteiger partial charge in [-0.1, -0.05) is 0 Å². The zero-order chi connectivity index (χ0) is 11.0. The highest BCUT2D eigenvalue weighted by molar-refractivity contribution is 4.95. The van der Waals surface area contributed by atoms with Crippen LogP contribution < -0.4 is 5.43 Å². The molecule has 1 N–H and O–H groups in total. The van der Waals surface area contributed by atoms with Crippen molar-refractivity contribution in [2.24, 2.45) is 0 Å². The highest BCUT2D eigenvalue weighted by Gasteiger charge is 2.37. The lowest BCUT2D eigenvalue weighted by atomic mass is 10.1. The first-order valence-corrected chi connectivity index (χ1v) is 6.76. The third-order valence-electron chi connectivity index (χ3n) is 4.46. The maximum atomic E-state index is 3.77. The summed E-state index contributed by atoms with van der Waals surface area (Å²) in [5.41, 5.74) is 3.77. The van der Waals surface area contributed by atoms with Crippen LogP contribution in [0, 0.1) is 0 Å². The summed E-state index contributed by atoms with van der Waals surface area (Å²) in [4.78, 5) is 5.09. The molecule has 0 amide bonds. The Morgan fingerprint density at radius 3 is 2.56 bits per heavy atom. The number of hydrogen-bond acceptors (Lipinski definition) is 4. The number of hydrazine groups is 1. The summed E-state index contributed by atoms with van der Waals surface area (Å²) >= 11 is 0. The van der Waals surface area contributed by atoms with Gasteiger partial charge in [0.05, 0.1) is 0 Å². The molecule has 0 aromatic carbocycles. The lowest BCUT2D eigenvalue weighted by Gasteiger charge is -2.35. The van der Waals surface area contributed by atoms with E-state index in [9.17, 15) is 0 Å². The number of hydrogen-bond donors (Lipinski definition) is 1. The molecule has 3 heterocycles. The molecular formula is C12H24N4. The predicted octanol–water partition coefficient (Wildman–Crippen LogP) is -0.0249. The van der Waals surface area contributed by atoms with Gasteiger partial charge in [-0.3, -0.25) is 10.3 Å². The Labute approximate surface area is 98.5 Å². The fraction of sp³-hybridized carbons (Fsp3) is 1.00. The molecule has 4 heteroatoms. The molecular weight excluding hydrogens is 200 g/mol. The van der Waals surface area contributed by atoms with Crippen molar-refractivity contribution in [2.45, 2.75) is 31.3 Å². The highest BCUT2D eigenvalue weighted by Crippen LogP contribution is 2.28. The molecule has 0 aliphatic carbocycles. The van der Waals surface area contributed by atoms with Crippen molar-refractivity contribution in [2.75, 3.05) is 46.3 Å². The second kappa shape index (κ2) is 4.61. The first kappa shape index (κ1) is 11.0. The van der Waals surface area contributed by atoms with Crippen molar-refractivity contribution in [3.05, 3.63) is 0 Å². The molecule has 92 valence electrons. The van der Waals surface area contributed by atoms with Gasteiger partial charge in [0.15, 0.2) is 0 Å². The topological polar surface area (TPSA) is 21.8 Å². The van der Waals surface area contributed by atoms with Gasteiger partial charge in [0.25, 0.3) is 0 Å².